The van der Waals surface area contributed by atoms with Crippen LogP contribution in [0.4, 0.5) is 13.6 Å². The van der Waals surface area contributed by atoms with Gasteiger partial charge in [0.2, 0.25) is 10.0 Å². The number of hydrogen-bond acceptors (Lipinski definition) is 5. The van der Waals surface area contributed by atoms with Crippen molar-refractivity contribution in [2.75, 3.05) is 26.0 Å². The molecular weight excluding hydrogens is 374 g/mol. The molecule has 0 spiro atoms. The van der Waals surface area contributed by atoms with E-state index >= 15 is 0 Å². The third kappa shape index (κ3) is 5.28. The van der Waals surface area contributed by atoms with Crippen molar-refractivity contribution >= 4 is 22.0 Å². The summed E-state index contributed by atoms with van der Waals surface area (Å²) >= 11 is 0. The van der Waals surface area contributed by atoms with E-state index in [1.807, 2.05) is 0 Å². The number of halogens is 2. The SMILES string of the molecule is CS(=O)(=O)NC(=O)c1cc(F)c(OCC2CCCN(C(=O)O)C2)cc1F. The van der Waals surface area contributed by atoms with Crippen molar-refractivity contribution in [3.05, 3.63) is 29.3 Å². The number of carbonyl (C=O) groups excluding carboxylic acids is 1. The highest BCUT2D eigenvalue weighted by Crippen LogP contribution is 2.24. The van der Waals surface area contributed by atoms with E-state index in [9.17, 15) is 26.8 Å². The summed E-state index contributed by atoms with van der Waals surface area (Å²) in [6.45, 7) is 0.627. The molecule has 26 heavy (non-hydrogen) atoms. The molecule has 144 valence electrons. The highest BCUT2D eigenvalue weighted by molar-refractivity contribution is 7.89. The molecule has 1 aromatic carbocycles. The Labute approximate surface area is 148 Å². The zero-order chi connectivity index (χ0) is 19.5. The number of carbonyl (C=O) groups is 2. The zero-order valence-electron chi connectivity index (χ0n) is 13.9. The highest BCUT2D eigenvalue weighted by Gasteiger charge is 2.25. The summed E-state index contributed by atoms with van der Waals surface area (Å²) in [6, 6.07) is 1.21. The summed E-state index contributed by atoms with van der Waals surface area (Å²) in [6.07, 6.45) is 0.985. The third-order valence-electron chi connectivity index (χ3n) is 3.81. The molecule has 1 saturated heterocycles. The molecule has 0 aromatic heterocycles. The number of rotatable bonds is 5. The number of amides is 2. The van der Waals surface area contributed by atoms with E-state index < -0.39 is 45.0 Å². The number of likely N-dealkylation sites (tertiary alicyclic amines) is 1. The van der Waals surface area contributed by atoms with Gasteiger partial charge in [0, 0.05) is 25.1 Å². The Kier molecular flexibility index (Phi) is 6.01. The number of carboxylic acid groups (broad SMARTS) is 1. The molecule has 2 amide bonds. The number of nitrogens with zero attached hydrogens (tertiary/aromatic N) is 1. The Bertz CT molecular complexity index is 815. The normalized spacial score (nSPS) is 17.7. The van der Waals surface area contributed by atoms with Gasteiger partial charge in [-0.15, -0.1) is 0 Å². The summed E-state index contributed by atoms with van der Waals surface area (Å²) < 4.78 is 56.9. The maximum Gasteiger partial charge on any atom is 0.407 e. The molecule has 0 saturated carbocycles. The first-order chi connectivity index (χ1) is 12.1. The van der Waals surface area contributed by atoms with E-state index in [-0.39, 0.29) is 19.1 Å². The predicted molar refractivity (Wildman–Crippen MR) is 86.5 cm³/mol. The monoisotopic (exact) mass is 392 g/mol. The predicted octanol–water partition coefficient (Wildman–Crippen LogP) is 1.42. The molecule has 0 bridgehead atoms. The van der Waals surface area contributed by atoms with Gasteiger partial charge >= 0.3 is 6.09 Å². The average molecular weight is 392 g/mol. The quantitative estimate of drug-likeness (QED) is 0.784. The van der Waals surface area contributed by atoms with Gasteiger partial charge in [0.1, 0.15) is 5.82 Å². The molecule has 1 fully saturated rings. The Balaban J connectivity index is 2.06. The van der Waals surface area contributed by atoms with Gasteiger partial charge in [0.05, 0.1) is 18.4 Å². The van der Waals surface area contributed by atoms with Crippen LogP contribution in [-0.2, 0) is 10.0 Å². The van der Waals surface area contributed by atoms with E-state index in [2.05, 4.69) is 0 Å². The second kappa shape index (κ2) is 7.85. The Morgan fingerprint density at radius 3 is 2.65 bits per heavy atom. The molecule has 1 atom stereocenters. The van der Waals surface area contributed by atoms with Crippen LogP contribution in [0.1, 0.15) is 23.2 Å². The molecule has 1 aromatic rings. The van der Waals surface area contributed by atoms with Crippen molar-refractivity contribution in [2.45, 2.75) is 12.8 Å². The van der Waals surface area contributed by atoms with Crippen molar-refractivity contribution in [3.63, 3.8) is 0 Å². The van der Waals surface area contributed by atoms with E-state index in [0.717, 1.165) is 0 Å². The van der Waals surface area contributed by atoms with Gasteiger partial charge in [-0.3, -0.25) is 4.79 Å². The highest BCUT2D eigenvalue weighted by atomic mass is 32.2. The number of nitrogens with one attached hydrogen (secondary N) is 1. The lowest BCUT2D eigenvalue weighted by Gasteiger charge is -2.30. The van der Waals surface area contributed by atoms with E-state index in [4.69, 9.17) is 9.84 Å². The van der Waals surface area contributed by atoms with E-state index in [1.54, 1.807) is 4.72 Å². The molecule has 1 unspecified atom stereocenters. The van der Waals surface area contributed by atoms with Crippen molar-refractivity contribution in [2.24, 2.45) is 5.92 Å². The van der Waals surface area contributed by atoms with Crippen LogP contribution < -0.4 is 9.46 Å². The fourth-order valence-electron chi connectivity index (χ4n) is 2.62. The maximum absolute atomic E-state index is 14.1. The van der Waals surface area contributed by atoms with Crippen LogP contribution in [0.25, 0.3) is 0 Å². The van der Waals surface area contributed by atoms with E-state index in [0.29, 0.717) is 37.8 Å². The lowest BCUT2D eigenvalue weighted by molar-refractivity contribution is 0.0977. The maximum atomic E-state index is 14.1. The lowest BCUT2D eigenvalue weighted by atomic mass is 9.99. The van der Waals surface area contributed by atoms with E-state index in [1.165, 1.54) is 4.90 Å². The van der Waals surface area contributed by atoms with Crippen LogP contribution in [0.2, 0.25) is 0 Å². The van der Waals surface area contributed by atoms with Crippen molar-refractivity contribution in [3.8, 4) is 5.75 Å². The lowest BCUT2D eigenvalue weighted by Crippen LogP contribution is -2.40. The molecule has 2 N–H and O–H groups in total. The minimum Gasteiger partial charge on any atom is -0.490 e. The van der Waals surface area contributed by atoms with Gasteiger partial charge in [-0.05, 0) is 18.9 Å². The second-order valence-electron chi connectivity index (χ2n) is 6.01. The van der Waals surface area contributed by atoms with Crippen LogP contribution in [0, 0.1) is 17.6 Å². The Morgan fingerprint density at radius 2 is 2.04 bits per heavy atom. The van der Waals surface area contributed by atoms with Crippen LogP contribution in [0.15, 0.2) is 12.1 Å². The summed E-state index contributed by atoms with van der Waals surface area (Å²) in [7, 11) is -3.92. The molecule has 11 heteroatoms. The second-order valence-corrected chi connectivity index (χ2v) is 7.76. The minimum absolute atomic E-state index is 0.0188. The first-order valence-corrected chi connectivity index (χ1v) is 9.58. The first-order valence-electron chi connectivity index (χ1n) is 7.68. The Hall–Kier alpha value is -2.43. The molecule has 2 rings (SSSR count). The molecule has 8 nitrogen and oxygen atoms in total. The number of ether oxygens (including phenoxy) is 1. The number of hydrogen-bond donors (Lipinski definition) is 2. The van der Waals surface area contributed by atoms with Gasteiger partial charge in [-0.25, -0.2) is 26.7 Å². The average Bonchev–Trinajstić information content (AvgIpc) is 2.53. The minimum atomic E-state index is -3.92. The first kappa shape index (κ1) is 19.9. The molecular formula is C15H18F2N2O6S. The Morgan fingerprint density at radius 1 is 1.35 bits per heavy atom. The van der Waals surface area contributed by atoms with Crippen LogP contribution >= 0.6 is 0 Å². The summed E-state index contributed by atoms with van der Waals surface area (Å²) in [5, 5.41) is 8.98. The topological polar surface area (TPSA) is 113 Å². The molecule has 1 heterocycles. The van der Waals surface area contributed by atoms with Gasteiger partial charge in [-0.1, -0.05) is 0 Å². The fourth-order valence-corrected chi connectivity index (χ4v) is 3.07. The largest absolute Gasteiger partial charge is 0.490 e. The molecule has 1 aliphatic rings. The fraction of sp³-hybridized carbons (Fsp3) is 0.467. The summed E-state index contributed by atoms with van der Waals surface area (Å²) in [4.78, 5) is 23.8. The van der Waals surface area contributed by atoms with Gasteiger partial charge in [0.15, 0.2) is 11.6 Å². The standard InChI is InChI=1S/C15H18F2N2O6S/c1-26(23,24)18-14(20)10-5-12(17)13(6-11(10)16)25-8-9-3-2-4-19(7-9)15(21)22/h5-6,9H,2-4,7-8H2,1H3,(H,18,20)(H,21,22). The smallest absolute Gasteiger partial charge is 0.407 e. The van der Waals surface area contributed by atoms with Gasteiger partial charge < -0.3 is 14.7 Å². The molecule has 0 radical (unpaired) electrons. The summed E-state index contributed by atoms with van der Waals surface area (Å²) in [5.41, 5.74) is -0.769. The van der Waals surface area contributed by atoms with Gasteiger partial charge in [0.25, 0.3) is 5.91 Å². The number of piperidine rings is 1. The number of benzene rings is 1. The van der Waals surface area contributed by atoms with Crippen molar-refractivity contribution in [1.82, 2.24) is 9.62 Å². The van der Waals surface area contributed by atoms with Crippen LogP contribution in [0.5, 0.6) is 5.75 Å². The molecule has 1 aliphatic heterocycles. The summed E-state index contributed by atoms with van der Waals surface area (Å²) in [5.74, 6) is -4.07. The van der Waals surface area contributed by atoms with Gasteiger partial charge in [-0.2, -0.15) is 0 Å². The van der Waals surface area contributed by atoms with Crippen molar-refractivity contribution in [1.29, 1.82) is 0 Å². The van der Waals surface area contributed by atoms with Crippen LogP contribution in [0.3, 0.4) is 0 Å². The van der Waals surface area contributed by atoms with Crippen molar-refractivity contribution < 1.29 is 36.6 Å². The third-order valence-corrected chi connectivity index (χ3v) is 4.36. The zero-order valence-corrected chi connectivity index (χ0v) is 14.7. The number of sulfonamides is 1. The molecule has 0 aliphatic carbocycles. The van der Waals surface area contributed by atoms with Crippen LogP contribution in [-0.4, -0.2) is 56.4 Å².